The zero-order chi connectivity index (χ0) is 46.2. The maximum absolute atomic E-state index is 2.55. The van der Waals surface area contributed by atoms with Crippen LogP contribution in [-0.2, 0) is 0 Å². The van der Waals surface area contributed by atoms with E-state index in [2.05, 4.69) is 287 Å². The molecule has 0 radical (unpaired) electrons. The summed E-state index contributed by atoms with van der Waals surface area (Å²) in [5.74, 6) is 0. The third-order valence-corrected chi connectivity index (χ3v) is 18.3. The SMILES string of the molecule is c1ccc(-c2ccccc2-n2c3ccccc3c3c(-n4c5ccccc5c5c(S(c6ccccc6)(c6ccccc6)c6cccc(-n7c8ccccc8c8ccccc87)c6)cccc54)cccc32)cc1. The Balaban J connectivity index is 1.08. The number of benzene rings is 11. The van der Waals surface area contributed by atoms with Gasteiger partial charge in [0.25, 0.3) is 0 Å². The fourth-order valence-electron chi connectivity index (χ4n) is 11.5. The Kier molecular flexibility index (Phi) is 9.29. The number of nitrogens with zero attached hydrogens (tertiary/aromatic N) is 3. The second kappa shape index (κ2) is 16.2. The summed E-state index contributed by atoms with van der Waals surface area (Å²) in [5, 5.41) is 7.43. The largest absolute Gasteiger partial charge is 0.309 e. The summed E-state index contributed by atoms with van der Waals surface area (Å²) in [6.45, 7) is 0. The molecule has 11 aromatic carbocycles. The van der Waals surface area contributed by atoms with Crippen molar-refractivity contribution in [2.24, 2.45) is 0 Å². The van der Waals surface area contributed by atoms with E-state index in [1.807, 2.05) is 0 Å². The van der Waals surface area contributed by atoms with E-state index in [4.69, 9.17) is 0 Å². The number of hydrogen-bond donors (Lipinski definition) is 0. The summed E-state index contributed by atoms with van der Waals surface area (Å²) in [7, 11) is -2.19. The predicted molar refractivity (Wildman–Crippen MR) is 295 cm³/mol. The summed E-state index contributed by atoms with van der Waals surface area (Å²) >= 11 is 0. The van der Waals surface area contributed by atoms with Crippen LogP contribution in [0.25, 0.3) is 93.6 Å². The molecule has 0 aliphatic rings. The summed E-state index contributed by atoms with van der Waals surface area (Å²) < 4.78 is 7.47. The molecule has 14 rings (SSSR count). The average molecular weight is 912 g/mol. The Labute approximate surface area is 407 Å². The van der Waals surface area contributed by atoms with Crippen LogP contribution >= 0.6 is 10.0 Å². The first-order valence-electron chi connectivity index (χ1n) is 24.0. The molecule has 0 aliphatic carbocycles. The van der Waals surface area contributed by atoms with Crippen molar-refractivity contribution in [3.63, 3.8) is 0 Å². The maximum atomic E-state index is 2.55. The number of para-hydroxylation sites is 5. The summed E-state index contributed by atoms with van der Waals surface area (Å²) in [5.41, 5.74) is 12.9. The van der Waals surface area contributed by atoms with Gasteiger partial charge in [0, 0.05) is 63.2 Å². The lowest BCUT2D eigenvalue weighted by atomic mass is 10.0. The molecule has 3 heterocycles. The summed E-state index contributed by atoms with van der Waals surface area (Å²) in [4.78, 5) is 5.15. The van der Waals surface area contributed by atoms with Gasteiger partial charge in [0.05, 0.1) is 44.5 Å². The third kappa shape index (κ3) is 5.90. The smallest absolute Gasteiger partial charge is 0.0562 e. The average Bonchev–Trinajstić information content (AvgIpc) is 4.08. The zero-order valence-electron chi connectivity index (χ0n) is 38.2. The van der Waals surface area contributed by atoms with E-state index in [-0.39, 0.29) is 0 Å². The van der Waals surface area contributed by atoms with Crippen LogP contribution in [0.5, 0.6) is 0 Å². The van der Waals surface area contributed by atoms with Crippen LogP contribution in [0.4, 0.5) is 0 Å². The number of aromatic nitrogens is 3. The molecule has 0 saturated carbocycles. The Morgan fingerprint density at radius 1 is 0.257 bits per heavy atom. The van der Waals surface area contributed by atoms with E-state index in [1.165, 1.54) is 96.1 Å². The van der Waals surface area contributed by atoms with Gasteiger partial charge >= 0.3 is 0 Å². The molecule has 14 aromatic rings. The third-order valence-electron chi connectivity index (χ3n) is 14.3. The second-order valence-electron chi connectivity index (χ2n) is 18.0. The van der Waals surface area contributed by atoms with Crippen molar-refractivity contribution < 1.29 is 0 Å². The van der Waals surface area contributed by atoms with Crippen LogP contribution in [0, 0.1) is 0 Å². The van der Waals surface area contributed by atoms with E-state index < -0.39 is 10.0 Å². The molecule has 3 aromatic heterocycles. The van der Waals surface area contributed by atoms with Crippen molar-refractivity contribution in [1.29, 1.82) is 0 Å². The van der Waals surface area contributed by atoms with Gasteiger partial charge in [0.1, 0.15) is 0 Å². The molecule has 3 nitrogen and oxygen atoms in total. The minimum atomic E-state index is -2.19. The van der Waals surface area contributed by atoms with Gasteiger partial charge in [-0.2, -0.15) is 0 Å². The van der Waals surface area contributed by atoms with E-state index in [9.17, 15) is 0 Å². The number of rotatable bonds is 8. The first-order chi connectivity index (χ1) is 34.8. The highest BCUT2D eigenvalue weighted by Gasteiger charge is 2.36. The van der Waals surface area contributed by atoms with E-state index in [0.717, 1.165) is 17.1 Å². The lowest BCUT2D eigenvalue weighted by Gasteiger charge is -2.42. The topological polar surface area (TPSA) is 14.8 Å². The monoisotopic (exact) mass is 911 g/mol. The molecular weight excluding hydrogens is 867 g/mol. The molecule has 4 heteroatoms. The van der Waals surface area contributed by atoms with Crippen LogP contribution in [0.1, 0.15) is 0 Å². The zero-order valence-corrected chi connectivity index (χ0v) is 39.0. The summed E-state index contributed by atoms with van der Waals surface area (Å²) in [6.07, 6.45) is 0. The van der Waals surface area contributed by atoms with Gasteiger partial charge in [-0.1, -0.05) is 176 Å². The van der Waals surface area contributed by atoms with Gasteiger partial charge in [-0.05, 0) is 103 Å². The lowest BCUT2D eigenvalue weighted by molar-refractivity contribution is 1.15. The fourth-order valence-corrected chi connectivity index (χ4v) is 15.6. The molecule has 330 valence electrons. The Morgan fingerprint density at radius 2 is 0.671 bits per heavy atom. The fraction of sp³-hybridized carbons (Fsp3) is 0. The van der Waals surface area contributed by atoms with E-state index >= 15 is 0 Å². The molecular formula is C66H45N3S. The van der Waals surface area contributed by atoms with Crippen molar-refractivity contribution in [1.82, 2.24) is 13.7 Å². The van der Waals surface area contributed by atoms with Crippen LogP contribution < -0.4 is 0 Å². The maximum Gasteiger partial charge on any atom is 0.0562 e. The Bertz CT molecular complexity index is 4200. The molecule has 0 atom stereocenters. The van der Waals surface area contributed by atoms with Gasteiger partial charge in [-0.25, -0.2) is 0 Å². The van der Waals surface area contributed by atoms with Crippen LogP contribution in [-0.4, -0.2) is 13.7 Å². The first kappa shape index (κ1) is 40.3. The van der Waals surface area contributed by atoms with Gasteiger partial charge in [0.2, 0.25) is 0 Å². The minimum absolute atomic E-state index is 1.14. The molecule has 0 N–H and O–H groups in total. The van der Waals surface area contributed by atoms with Gasteiger partial charge in [-0.3, -0.25) is 0 Å². The predicted octanol–water partition coefficient (Wildman–Crippen LogP) is 18.0. The normalized spacial score (nSPS) is 12.2. The number of fused-ring (bicyclic) bond motifs is 9. The standard InChI is InChI=1S/C66H45N3S/c1-4-23-46(24-5-1)51-31-10-15-36-56(51)68-59-39-18-13-34-54(59)65-61(68)41-21-42-62(65)69-60-40-19-14-35-55(60)66-63(69)43-22-44-64(66)70(48-26-6-2-7-27-48,49-28-8-3-9-29-49)50-30-20-25-47(45-50)67-57-37-16-11-32-52(57)53-33-12-17-38-58(53)67/h1-45H. The van der Waals surface area contributed by atoms with Gasteiger partial charge in [0.15, 0.2) is 0 Å². The second-order valence-corrected chi connectivity index (χ2v) is 21.1. The van der Waals surface area contributed by atoms with Crippen molar-refractivity contribution in [3.8, 4) is 28.2 Å². The molecule has 0 spiro atoms. The quantitative estimate of drug-likeness (QED) is 0.144. The molecule has 70 heavy (non-hydrogen) atoms. The molecule has 0 aliphatic heterocycles. The molecule has 0 saturated heterocycles. The Hall–Kier alpha value is -8.83. The molecule has 0 amide bonds. The lowest BCUT2D eigenvalue weighted by Crippen LogP contribution is -2.07. The van der Waals surface area contributed by atoms with E-state index in [0.29, 0.717) is 0 Å². The van der Waals surface area contributed by atoms with E-state index in [1.54, 1.807) is 0 Å². The molecule has 0 bridgehead atoms. The van der Waals surface area contributed by atoms with Crippen molar-refractivity contribution >= 4 is 75.4 Å². The highest BCUT2D eigenvalue weighted by atomic mass is 32.3. The molecule has 0 unspecified atom stereocenters. The number of hydrogen-bond acceptors (Lipinski definition) is 0. The van der Waals surface area contributed by atoms with Crippen molar-refractivity contribution in [3.05, 3.63) is 273 Å². The van der Waals surface area contributed by atoms with Crippen molar-refractivity contribution in [2.75, 3.05) is 0 Å². The van der Waals surface area contributed by atoms with Crippen LogP contribution in [0.15, 0.2) is 293 Å². The van der Waals surface area contributed by atoms with Crippen LogP contribution in [0.3, 0.4) is 0 Å². The Morgan fingerprint density at radius 3 is 1.30 bits per heavy atom. The minimum Gasteiger partial charge on any atom is -0.309 e. The van der Waals surface area contributed by atoms with Gasteiger partial charge in [-0.15, -0.1) is 10.0 Å². The first-order valence-corrected chi connectivity index (χ1v) is 25.6. The van der Waals surface area contributed by atoms with Crippen molar-refractivity contribution in [2.45, 2.75) is 19.6 Å². The summed E-state index contributed by atoms with van der Waals surface area (Å²) in [6, 6.07) is 101. The highest BCUT2D eigenvalue weighted by Crippen LogP contribution is 2.75. The van der Waals surface area contributed by atoms with Crippen LogP contribution in [0.2, 0.25) is 0 Å². The van der Waals surface area contributed by atoms with Gasteiger partial charge < -0.3 is 13.7 Å². The molecule has 0 fully saturated rings. The highest BCUT2D eigenvalue weighted by molar-refractivity contribution is 8.34.